The van der Waals surface area contributed by atoms with E-state index in [-0.39, 0.29) is 18.4 Å². The van der Waals surface area contributed by atoms with Crippen LogP contribution in [-0.4, -0.2) is 36.9 Å². The Bertz CT molecular complexity index is 1040. The van der Waals surface area contributed by atoms with Crippen LogP contribution in [0.1, 0.15) is 42.3 Å². The van der Waals surface area contributed by atoms with Crippen molar-refractivity contribution < 1.29 is 14.3 Å². The molecule has 5 nitrogen and oxygen atoms in total. The summed E-state index contributed by atoms with van der Waals surface area (Å²) in [5, 5.41) is 1.90. The molecule has 0 aliphatic heterocycles. The molecule has 156 valence electrons. The lowest BCUT2D eigenvalue weighted by atomic mass is 9.94. The predicted molar refractivity (Wildman–Crippen MR) is 120 cm³/mol. The summed E-state index contributed by atoms with van der Waals surface area (Å²) in [7, 11) is 1.69. The van der Waals surface area contributed by atoms with Crippen LogP contribution in [0.2, 0.25) is 0 Å². The van der Waals surface area contributed by atoms with Crippen molar-refractivity contribution in [1.82, 2.24) is 4.90 Å². The Morgan fingerprint density at radius 1 is 1.00 bits per heavy atom. The molecule has 1 unspecified atom stereocenters. The molecule has 30 heavy (non-hydrogen) atoms. The molecule has 0 radical (unpaired) electrons. The fourth-order valence-corrected chi connectivity index (χ4v) is 3.61. The zero-order chi connectivity index (χ0) is 21.7. The number of nitrogens with zero attached hydrogens (tertiary/aromatic N) is 1. The molecule has 2 N–H and O–H groups in total. The Morgan fingerprint density at radius 3 is 2.33 bits per heavy atom. The van der Waals surface area contributed by atoms with Gasteiger partial charge in [0, 0.05) is 32.2 Å². The lowest BCUT2D eigenvalue weighted by Crippen LogP contribution is -2.30. The molecular weight excluding hydrogens is 376 g/mol. The smallest absolute Gasteiger partial charge is 0.254 e. The second kappa shape index (κ2) is 9.55. The van der Waals surface area contributed by atoms with E-state index >= 15 is 0 Å². The summed E-state index contributed by atoms with van der Waals surface area (Å²) in [4.78, 5) is 25.6. The first-order valence-electron chi connectivity index (χ1n) is 10.2. The second-order valence-corrected chi connectivity index (χ2v) is 7.37. The molecule has 0 fully saturated rings. The van der Waals surface area contributed by atoms with Gasteiger partial charge in [-0.25, -0.2) is 0 Å². The van der Waals surface area contributed by atoms with E-state index in [1.807, 2.05) is 44.2 Å². The summed E-state index contributed by atoms with van der Waals surface area (Å²) in [5.74, 6) is -0.545. The highest BCUT2D eigenvalue weighted by Crippen LogP contribution is 2.32. The highest BCUT2D eigenvalue weighted by molar-refractivity contribution is 6.10. The van der Waals surface area contributed by atoms with Gasteiger partial charge in [-0.1, -0.05) is 54.6 Å². The topological polar surface area (TPSA) is 72.6 Å². The van der Waals surface area contributed by atoms with Gasteiger partial charge in [-0.15, -0.1) is 0 Å². The van der Waals surface area contributed by atoms with E-state index in [4.69, 9.17) is 10.5 Å². The lowest BCUT2D eigenvalue weighted by Gasteiger charge is -2.18. The van der Waals surface area contributed by atoms with Gasteiger partial charge in [-0.05, 0) is 47.4 Å². The molecule has 0 spiro atoms. The molecule has 0 aromatic heterocycles. The van der Waals surface area contributed by atoms with Crippen LogP contribution in [0, 0.1) is 0 Å². The van der Waals surface area contributed by atoms with Crippen molar-refractivity contribution in [3.63, 3.8) is 0 Å². The minimum absolute atomic E-state index is 0.0525. The summed E-state index contributed by atoms with van der Waals surface area (Å²) in [5.41, 5.74) is 9.11. The molecule has 0 aliphatic carbocycles. The van der Waals surface area contributed by atoms with Crippen LogP contribution in [0.25, 0.3) is 21.9 Å². The van der Waals surface area contributed by atoms with Crippen LogP contribution >= 0.6 is 0 Å². The minimum atomic E-state index is -0.419. The maximum Gasteiger partial charge on any atom is 0.254 e. The van der Waals surface area contributed by atoms with Crippen LogP contribution in [-0.2, 0) is 9.53 Å². The number of fused-ring (bicyclic) bond motifs is 1. The Balaban J connectivity index is 1.96. The average Bonchev–Trinajstić information content (AvgIpc) is 2.76. The Labute approximate surface area is 177 Å². The summed E-state index contributed by atoms with van der Waals surface area (Å²) in [6, 6.07) is 20.1. The molecule has 1 atom stereocenters. The maximum absolute atomic E-state index is 13.0. The van der Waals surface area contributed by atoms with E-state index < -0.39 is 5.91 Å². The number of primary amides is 1. The molecule has 0 heterocycles. The first kappa shape index (κ1) is 21.5. The van der Waals surface area contributed by atoms with E-state index in [0.29, 0.717) is 18.7 Å². The monoisotopic (exact) mass is 404 g/mol. The van der Waals surface area contributed by atoms with Crippen LogP contribution in [0.4, 0.5) is 0 Å². The normalized spacial score (nSPS) is 12.0. The number of benzene rings is 3. The van der Waals surface area contributed by atoms with Gasteiger partial charge in [-0.2, -0.15) is 0 Å². The van der Waals surface area contributed by atoms with E-state index in [1.54, 1.807) is 7.05 Å². The SMILES string of the molecule is CCOC(C)c1ccc(-c2cccc3c(C(=O)N(C)CCC(N)=O)cccc23)cc1. The van der Waals surface area contributed by atoms with Crippen LogP contribution in [0.5, 0.6) is 0 Å². The second-order valence-electron chi connectivity index (χ2n) is 7.37. The number of ether oxygens (including phenoxy) is 1. The number of hydrogen-bond donors (Lipinski definition) is 1. The number of rotatable bonds is 8. The third-order valence-electron chi connectivity index (χ3n) is 5.30. The summed E-state index contributed by atoms with van der Waals surface area (Å²) in [6.07, 6.45) is 0.196. The first-order chi connectivity index (χ1) is 14.4. The largest absolute Gasteiger partial charge is 0.374 e. The van der Waals surface area contributed by atoms with Gasteiger partial charge >= 0.3 is 0 Å². The summed E-state index contributed by atoms with van der Waals surface area (Å²) >= 11 is 0. The van der Waals surface area contributed by atoms with Gasteiger partial charge in [-0.3, -0.25) is 9.59 Å². The van der Waals surface area contributed by atoms with Crippen molar-refractivity contribution in [1.29, 1.82) is 0 Å². The molecule has 5 heteroatoms. The number of carbonyl (C=O) groups is 2. The van der Waals surface area contributed by atoms with Crippen LogP contribution < -0.4 is 5.73 Å². The highest BCUT2D eigenvalue weighted by Gasteiger charge is 2.16. The number of hydrogen-bond acceptors (Lipinski definition) is 3. The van der Waals surface area contributed by atoms with E-state index in [1.165, 1.54) is 4.90 Å². The van der Waals surface area contributed by atoms with Crippen molar-refractivity contribution in [2.75, 3.05) is 20.2 Å². The van der Waals surface area contributed by atoms with Gasteiger partial charge in [0.05, 0.1) is 6.10 Å². The molecular formula is C25H28N2O3. The zero-order valence-electron chi connectivity index (χ0n) is 17.7. The van der Waals surface area contributed by atoms with Crippen LogP contribution in [0.15, 0.2) is 60.7 Å². The number of amides is 2. The fraction of sp³-hybridized carbons (Fsp3) is 0.280. The van der Waals surface area contributed by atoms with Gasteiger partial charge in [0.1, 0.15) is 0 Å². The molecule has 3 rings (SSSR count). The van der Waals surface area contributed by atoms with Crippen molar-refractivity contribution in [2.24, 2.45) is 5.73 Å². The van der Waals surface area contributed by atoms with Crippen molar-refractivity contribution in [3.8, 4) is 11.1 Å². The quantitative estimate of drug-likeness (QED) is 0.598. The molecule has 2 amide bonds. The van der Waals surface area contributed by atoms with Gasteiger partial charge < -0.3 is 15.4 Å². The van der Waals surface area contributed by atoms with E-state index in [9.17, 15) is 9.59 Å². The molecule has 3 aromatic carbocycles. The molecule has 3 aromatic rings. The number of carbonyl (C=O) groups excluding carboxylic acids is 2. The molecule has 0 bridgehead atoms. The minimum Gasteiger partial charge on any atom is -0.374 e. The Hall–Kier alpha value is -3.18. The molecule has 0 aliphatic rings. The lowest BCUT2D eigenvalue weighted by molar-refractivity contribution is -0.118. The van der Waals surface area contributed by atoms with Crippen molar-refractivity contribution in [2.45, 2.75) is 26.4 Å². The molecule has 0 saturated heterocycles. The Kier molecular flexibility index (Phi) is 6.85. The van der Waals surface area contributed by atoms with E-state index in [0.717, 1.165) is 27.5 Å². The standard InChI is InChI=1S/C25H28N2O3/c1-4-30-17(2)18-11-13-19(14-12-18)20-7-5-9-22-21(20)8-6-10-23(22)25(29)27(3)16-15-24(26)28/h5-14,17H,4,15-16H2,1-3H3,(H2,26,28). The maximum atomic E-state index is 13.0. The number of nitrogens with two attached hydrogens (primary N) is 1. The fourth-order valence-electron chi connectivity index (χ4n) is 3.61. The Morgan fingerprint density at radius 2 is 1.67 bits per heavy atom. The van der Waals surface area contributed by atoms with Gasteiger partial charge in [0.25, 0.3) is 5.91 Å². The van der Waals surface area contributed by atoms with Crippen LogP contribution in [0.3, 0.4) is 0 Å². The van der Waals surface area contributed by atoms with Gasteiger partial charge in [0.15, 0.2) is 0 Å². The van der Waals surface area contributed by atoms with Crippen molar-refractivity contribution >= 4 is 22.6 Å². The van der Waals surface area contributed by atoms with Crippen molar-refractivity contribution in [3.05, 3.63) is 71.8 Å². The van der Waals surface area contributed by atoms with E-state index in [2.05, 4.69) is 30.3 Å². The highest BCUT2D eigenvalue weighted by atomic mass is 16.5. The van der Waals surface area contributed by atoms with Gasteiger partial charge in [0.2, 0.25) is 5.91 Å². The third-order valence-corrected chi connectivity index (χ3v) is 5.30. The summed E-state index contributed by atoms with van der Waals surface area (Å²) in [6.45, 7) is 5.01. The first-order valence-corrected chi connectivity index (χ1v) is 10.2. The third kappa shape index (κ3) is 4.69. The molecule has 0 saturated carbocycles. The zero-order valence-corrected chi connectivity index (χ0v) is 17.7. The summed E-state index contributed by atoms with van der Waals surface area (Å²) < 4.78 is 5.67. The average molecular weight is 405 g/mol. The predicted octanol–water partition coefficient (Wildman–Crippen LogP) is 4.55.